The first-order valence-electron chi connectivity index (χ1n) is 9.36. The topological polar surface area (TPSA) is 40.4 Å². The van der Waals surface area contributed by atoms with E-state index in [2.05, 4.69) is 50.4 Å². The molecule has 4 aliphatic carbocycles. The lowest BCUT2D eigenvalue weighted by Gasteiger charge is -2.56. The van der Waals surface area contributed by atoms with Gasteiger partial charge in [-0.2, -0.15) is 5.26 Å². The fourth-order valence-corrected chi connectivity index (χ4v) is 6.30. The van der Waals surface area contributed by atoms with Crippen LogP contribution < -0.4 is 5.32 Å². The van der Waals surface area contributed by atoms with Crippen molar-refractivity contribution in [3.05, 3.63) is 34.9 Å². The molecule has 122 valence electrons. The second-order valence-corrected chi connectivity index (χ2v) is 8.66. The number of nitriles is 1. The van der Waals surface area contributed by atoms with Crippen LogP contribution in [0.25, 0.3) is 0 Å². The molecule has 1 aromatic carbocycles. The Labute approximate surface area is 140 Å². The fourth-order valence-electron chi connectivity index (χ4n) is 6.30. The Morgan fingerprint density at radius 3 is 2.22 bits per heavy atom. The first kappa shape index (κ1) is 15.2. The van der Waals surface area contributed by atoms with Crippen LogP contribution in [0.15, 0.2) is 18.2 Å². The van der Waals surface area contributed by atoms with Crippen LogP contribution in [-0.4, -0.2) is 5.54 Å². The summed E-state index contributed by atoms with van der Waals surface area (Å²) >= 11 is 0. The quantitative estimate of drug-likeness (QED) is 0.909. The molecule has 2 N–H and O–H groups in total. The van der Waals surface area contributed by atoms with Crippen LogP contribution in [0.4, 0.5) is 0 Å². The Hall–Kier alpha value is -1.33. The molecule has 23 heavy (non-hydrogen) atoms. The minimum atomic E-state index is -0.163. The molecule has 0 aliphatic heterocycles. The summed E-state index contributed by atoms with van der Waals surface area (Å²) in [6, 6.07) is 9.96. The Morgan fingerprint density at radius 1 is 1.09 bits per heavy atom. The van der Waals surface area contributed by atoms with Crippen LogP contribution in [0, 0.1) is 48.9 Å². The van der Waals surface area contributed by atoms with Crippen LogP contribution in [0.5, 0.6) is 0 Å². The summed E-state index contributed by atoms with van der Waals surface area (Å²) in [5, 5.41) is 12.6. The molecule has 0 spiro atoms. The molecule has 0 aromatic heterocycles. The van der Waals surface area contributed by atoms with Gasteiger partial charge in [-0.05, 0) is 70.3 Å². The summed E-state index contributed by atoms with van der Waals surface area (Å²) in [4.78, 5) is 0. The Kier molecular flexibility index (Phi) is 3.54. The molecule has 0 radical (unpaired) electrons. The molecule has 0 saturated heterocycles. The van der Waals surface area contributed by atoms with Crippen LogP contribution in [0.3, 0.4) is 0 Å². The molecule has 0 heterocycles. The number of rotatable bonds is 3. The lowest BCUT2D eigenvalue weighted by molar-refractivity contribution is -0.767. The van der Waals surface area contributed by atoms with Crippen molar-refractivity contribution in [3.63, 3.8) is 0 Å². The van der Waals surface area contributed by atoms with E-state index in [1.165, 1.54) is 48.8 Å². The monoisotopic (exact) mass is 309 g/mol. The van der Waals surface area contributed by atoms with E-state index < -0.39 is 0 Å². The zero-order valence-corrected chi connectivity index (χ0v) is 14.7. The zero-order valence-electron chi connectivity index (χ0n) is 14.7. The van der Waals surface area contributed by atoms with E-state index in [1.54, 1.807) is 0 Å². The molecular formula is C21H29N2+. The third kappa shape index (κ3) is 2.32. The van der Waals surface area contributed by atoms with E-state index in [0.29, 0.717) is 17.9 Å². The van der Waals surface area contributed by atoms with Crippen molar-refractivity contribution in [2.45, 2.75) is 64.5 Å². The number of hydrogen-bond donors (Lipinski definition) is 1. The van der Waals surface area contributed by atoms with E-state index in [4.69, 9.17) is 0 Å². The van der Waals surface area contributed by atoms with Gasteiger partial charge in [0.1, 0.15) is 12.1 Å². The maximum absolute atomic E-state index is 10.2. The van der Waals surface area contributed by atoms with E-state index in [0.717, 1.165) is 11.8 Å². The largest absolute Gasteiger partial charge is 0.323 e. The van der Waals surface area contributed by atoms with Crippen molar-refractivity contribution in [2.75, 3.05) is 0 Å². The molecule has 1 atom stereocenters. The van der Waals surface area contributed by atoms with Crippen LogP contribution >= 0.6 is 0 Å². The Bertz CT molecular complexity index is 626. The number of hydrogen-bond acceptors (Lipinski definition) is 1. The minimum absolute atomic E-state index is 0.163. The number of aryl methyl sites for hydroxylation is 2. The molecule has 4 bridgehead atoms. The van der Waals surface area contributed by atoms with Gasteiger partial charge in [0.05, 0.1) is 0 Å². The highest BCUT2D eigenvalue weighted by Gasteiger charge is 2.61. The first-order chi connectivity index (χ1) is 11.0. The molecule has 2 heteroatoms. The third-order valence-electron chi connectivity index (χ3n) is 7.12. The summed E-state index contributed by atoms with van der Waals surface area (Å²) in [6.07, 6.45) is 6.65. The average Bonchev–Trinajstić information content (AvgIpc) is 2.50. The summed E-state index contributed by atoms with van der Waals surface area (Å²) in [5.41, 5.74) is 3.93. The summed E-state index contributed by atoms with van der Waals surface area (Å²) in [6.45, 7) is 6.66. The third-order valence-corrected chi connectivity index (χ3v) is 7.12. The molecule has 0 unspecified atom stereocenters. The van der Waals surface area contributed by atoms with Crippen molar-refractivity contribution >= 4 is 0 Å². The zero-order chi connectivity index (χ0) is 16.2. The Morgan fingerprint density at radius 2 is 1.70 bits per heavy atom. The first-order valence-corrected chi connectivity index (χ1v) is 9.36. The van der Waals surface area contributed by atoms with Crippen molar-refractivity contribution in [3.8, 4) is 6.07 Å². The van der Waals surface area contributed by atoms with Gasteiger partial charge in [-0.25, -0.2) is 0 Å². The highest BCUT2D eigenvalue weighted by Crippen LogP contribution is 2.56. The Balaban J connectivity index is 1.62. The van der Waals surface area contributed by atoms with Gasteiger partial charge in [0.15, 0.2) is 5.54 Å². The number of nitrogens with zero attached hydrogens (tertiary/aromatic N) is 1. The normalized spacial score (nSPS) is 39.2. The lowest BCUT2D eigenvalue weighted by atomic mass is 9.49. The smallest absolute Gasteiger partial charge is 0.189 e. The standard InChI is InChI=1S/C21H28N2/c1-13-4-5-20(14(2)6-13)15(3)23-21(12-22)18-8-16-7-17(10-18)11-19(21)9-16/h4-6,15-19,23H,7-11H2,1-3H3/p+1/t15-,16?,17?,18?,19?,21?/m0/s1. The second-order valence-electron chi connectivity index (χ2n) is 8.66. The maximum atomic E-state index is 10.2. The van der Waals surface area contributed by atoms with Crippen molar-refractivity contribution in [1.29, 1.82) is 5.26 Å². The van der Waals surface area contributed by atoms with Gasteiger partial charge in [0.2, 0.25) is 0 Å². The van der Waals surface area contributed by atoms with Gasteiger partial charge in [0, 0.05) is 17.4 Å². The maximum Gasteiger partial charge on any atom is 0.189 e. The van der Waals surface area contributed by atoms with Gasteiger partial charge >= 0.3 is 0 Å². The number of quaternary nitrogens is 1. The van der Waals surface area contributed by atoms with Crippen LogP contribution in [0.1, 0.15) is 61.8 Å². The number of benzene rings is 1. The molecule has 4 aliphatic rings. The molecule has 0 amide bonds. The minimum Gasteiger partial charge on any atom is -0.323 e. The van der Waals surface area contributed by atoms with E-state index in [1.807, 2.05) is 0 Å². The molecule has 4 fully saturated rings. The molecule has 5 rings (SSSR count). The summed E-state index contributed by atoms with van der Waals surface area (Å²) < 4.78 is 0. The molecule has 2 nitrogen and oxygen atoms in total. The predicted octanol–water partition coefficient (Wildman–Crippen LogP) is 3.65. The van der Waals surface area contributed by atoms with Gasteiger partial charge in [-0.3, -0.25) is 0 Å². The van der Waals surface area contributed by atoms with Crippen molar-refractivity contribution < 1.29 is 5.32 Å². The fraction of sp³-hybridized carbons (Fsp3) is 0.667. The van der Waals surface area contributed by atoms with Crippen molar-refractivity contribution in [1.82, 2.24) is 0 Å². The van der Waals surface area contributed by atoms with Crippen LogP contribution in [0.2, 0.25) is 0 Å². The van der Waals surface area contributed by atoms with E-state index >= 15 is 0 Å². The van der Waals surface area contributed by atoms with Crippen molar-refractivity contribution in [2.24, 2.45) is 23.7 Å². The summed E-state index contributed by atoms with van der Waals surface area (Å²) in [5.74, 6) is 3.08. The molecule has 4 saturated carbocycles. The second kappa shape index (κ2) is 5.35. The average molecular weight is 309 g/mol. The van der Waals surface area contributed by atoms with Gasteiger partial charge in [-0.1, -0.05) is 23.8 Å². The van der Waals surface area contributed by atoms with Gasteiger partial charge in [-0.15, -0.1) is 0 Å². The molecular weight excluding hydrogens is 280 g/mol. The summed E-state index contributed by atoms with van der Waals surface area (Å²) in [7, 11) is 0. The van der Waals surface area contributed by atoms with E-state index in [9.17, 15) is 5.26 Å². The molecule has 1 aromatic rings. The van der Waals surface area contributed by atoms with Gasteiger partial charge in [0.25, 0.3) is 0 Å². The lowest BCUT2D eigenvalue weighted by Crippen LogP contribution is -3.01. The highest BCUT2D eigenvalue weighted by molar-refractivity contribution is 5.31. The van der Waals surface area contributed by atoms with E-state index in [-0.39, 0.29) is 5.54 Å². The number of nitrogens with two attached hydrogens (primary N) is 1. The van der Waals surface area contributed by atoms with Crippen LogP contribution in [-0.2, 0) is 0 Å². The predicted molar refractivity (Wildman–Crippen MR) is 91.6 cm³/mol. The highest BCUT2D eigenvalue weighted by atomic mass is 15.0. The SMILES string of the molecule is Cc1ccc([C@H](C)[NH2+]C2(C#N)C3CC4CC(C3)CC2C4)c(C)c1. The van der Waals surface area contributed by atoms with Gasteiger partial charge < -0.3 is 5.32 Å².